The van der Waals surface area contributed by atoms with Crippen molar-refractivity contribution < 1.29 is 28.6 Å². The van der Waals surface area contributed by atoms with Crippen molar-refractivity contribution in [3.8, 4) is 0 Å². The molecular formula is C21H28N2O6. The van der Waals surface area contributed by atoms with Gasteiger partial charge in [-0.25, -0.2) is 9.59 Å². The number of esters is 1. The molecule has 158 valence electrons. The predicted molar refractivity (Wildman–Crippen MR) is 108 cm³/mol. The van der Waals surface area contributed by atoms with E-state index in [9.17, 15) is 14.4 Å². The van der Waals surface area contributed by atoms with Crippen molar-refractivity contribution in [1.82, 2.24) is 4.90 Å². The fourth-order valence-electron chi connectivity index (χ4n) is 2.99. The number of carbonyl (C=O) groups is 3. The summed E-state index contributed by atoms with van der Waals surface area (Å²) in [6.07, 6.45) is 1.17. The molecule has 0 saturated carbocycles. The number of ether oxygens (including phenoxy) is 3. The molecule has 8 heteroatoms. The summed E-state index contributed by atoms with van der Waals surface area (Å²) in [6.45, 7) is 5.84. The smallest absolute Gasteiger partial charge is 0.409 e. The summed E-state index contributed by atoms with van der Waals surface area (Å²) in [7, 11) is 1.68. The van der Waals surface area contributed by atoms with E-state index in [-0.39, 0.29) is 45.2 Å². The first-order chi connectivity index (χ1) is 14.0. The summed E-state index contributed by atoms with van der Waals surface area (Å²) < 4.78 is 16.0. The maximum absolute atomic E-state index is 12.6. The fourth-order valence-corrected chi connectivity index (χ4v) is 2.99. The Morgan fingerprint density at radius 1 is 1.28 bits per heavy atom. The zero-order valence-corrected chi connectivity index (χ0v) is 17.0. The highest BCUT2D eigenvalue weighted by Crippen LogP contribution is 2.31. The molecule has 0 saturated heterocycles. The van der Waals surface area contributed by atoms with Gasteiger partial charge in [0, 0.05) is 31.3 Å². The van der Waals surface area contributed by atoms with E-state index in [1.54, 1.807) is 24.9 Å². The Morgan fingerprint density at radius 3 is 2.76 bits per heavy atom. The van der Waals surface area contributed by atoms with Gasteiger partial charge in [-0.2, -0.15) is 0 Å². The number of carbonyl (C=O) groups excluding carboxylic acids is 3. The van der Waals surface area contributed by atoms with Gasteiger partial charge in [-0.05, 0) is 19.4 Å². The quantitative estimate of drug-likeness (QED) is 0.395. The number of hydrogen-bond donors (Lipinski definition) is 0. The molecule has 0 N–H and O–H groups in total. The molecule has 0 spiro atoms. The van der Waals surface area contributed by atoms with Gasteiger partial charge in [0.25, 0.3) is 0 Å². The van der Waals surface area contributed by atoms with Gasteiger partial charge in [-0.1, -0.05) is 24.3 Å². The van der Waals surface area contributed by atoms with Crippen LogP contribution in [0, 0.1) is 0 Å². The number of anilines is 1. The van der Waals surface area contributed by atoms with Gasteiger partial charge >= 0.3 is 12.1 Å². The SMILES string of the molecule is C=CCCOC(=O)N1CCC(=O)N(C)c2ccccc2C(OCC(=O)OCC)C1. The van der Waals surface area contributed by atoms with Crippen molar-refractivity contribution in [1.29, 1.82) is 0 Å². The lowest BCUT2D eigenvalue weighted by Crippen LogP contribution is -2.38. The van der Waals surface area contributed by atoms with Gasteiger partial charge in [-0.15, -0.1) is 6.58 Å². The van der Waals surface area contributed by atoms with Gasteiger partial charge in [0.15, 0.2) is 0 Å². The highest BCUT2D eigenvalue weighted by Gasteiger charge is 2.29. The number of nitrogens with zero attached hydrogens (tertiary/aromatic N) is 2. The van der Waals surface area contributed by atoms with Gasteiger partial charge in [-0.3, -0.25) is 4.79 Å². The van der Waals surface area contributed by atoms with Crippen LogP contribution in [0.5, 0.6) is 0 Å². The molecule has 1 heterocycles. The first kappa shape index (κ1) is 22.4. The molecule has 0 aliphatic carbocycles. The Bertz CT molecular complexity index is 736. The molecule has 0 aromatic heterocycles. The Morgan fingerprint density at radius 2 is 2.03 bits per heavy atom. The van der Waals surface area contributed by atoms with Crippen LogP contribution in [-0.4, -0.2) is 62.8 Å². The minimum Gasteiger partial charge on any atom is -0.464 e. The number of para-hydroxylation sites is 1. The molecule has 8 nitrogen and oxygen atoms in total. The average molecular weight is 404 g/mol. The molecule has 0 fully saturated rings. The molecule has 1 aromatic rings. The van der Waals surface area contributed by atoms with Crippen LogP contribution in [0.15, 0.2) is 36.9 Å². The third-order valence-corrected chi connectivity index (χ3v) is 4.51. The standard InChI is InChI=1S/C21H28N2O6/c1-4-6-13-28-21(26)23-12-11-19(24)22(3)17-10-8-7-9-16(17)18(14-23)29-15-20(25)27-5-2/h4,7-10,18H,1,5-6,11-15H2,2-3H3. The van der Waals surface area contributed by atoms with Gasteiger partial charge in [0.2, 0.25) is 5.91 Å². The van der Waals surface area contributed by atoms with E-state index in [0.29, 0.717) is 17.7 Å². The minimum absolute atomic E-state index is 0.132. The van der Waals surface area contributed by atoms with E-state index in [1.807, 2.05) is 24.3 Å². The van der Waals surface area contributed by atoms with Crippen molar-refractivity contribution in [3.63, 3.8) is 0 Å². The van der Waals surface area contributed by atoms with E-state index < -0.39 is 18.2 Å². The number of rotatable bonds is 7. The van der Waals surface area contributed by atoms with Gasteiger partial charge in [0.1, 0.15) is 12.7 Å². The fraction of sp³-hybridized carbons (Fsp3) is 0.476. The van der Waals surface area contributed by atoms with Crippen LogP contribution in [0.4, 0.5) is 10.5 Å². The summed E-state index contributed by atoms with van der Waals surface area (Å²) in [5, 5.41) is 0. The van der Waals surface area contributed by atoms with Crippen molar-refractivity contribution in [2.45, 2.75) is 25.9 Å². The van der Waals surface area contributed by atoms with Crippen LogP contribution in [-0.2, 0) is 23.8 Å². The molecule has 29 heavy (non-hydrogen) atoms. The zero-order valence-electron chi connectivity index (χ0n) is 17.0. The van der Waals surface area contributed by atoms with Crippen LogP contribution in [0.25, 0.3) is 0 Å². The largest absolute Gasteiger partial charge is 0.464 e. The number of benzene rings is 1. The van der Waals surface area contributed by atoms with Crippen molar-refractivity contribution in [3.05, 3.63) is 42.5 Å². The van der Waals surface area contributed by atoms with Crippen molar-refractivity contribution >= 4 is 23.7 Å². The van der Waals surface area contributed by atoms with E-state index in [1.165, 1.54) is 4.90 Å². The Kier molecular flexibility index (Phi) is 8.67. The second-order valence-electron chi connectivity index (χ2n) is 6.50. The van der Waals surface area contributed by atoms with Crippen LogP contribution in [0.2, 0.25) is 0 Å². The Labute approximate surface area is 171 Å². The van der Waals surface area contributed by atoms with E-state index in [4.69, 9.17) is 14.2 Å². The third-order valence-electron chi connectivity index (χ3n) is 4.51. The first-order valence-electron chi connectivity index (χ1n) is 9.63. The summed E-state index contributed by atoms with van der Waals surface area (Å²) in [5.41, 5.74) is 1.38. The topological polar surface area (TPSA) is 85.4 Å². The van der Waals surface area contributed by atoms with Crippen LogP contribution < -0.4 is 4.90 Å². The summed E-state index contributed by atoms with van der Waals surface area (Å²) in [4.78, 5) is 39.9. The summed E-state index contributed by atoms with van der Waals surface area (Å²) in [6, 6.07) is 7.28. The number of hydrogen-bond acceptors (Lipinski definition) is 6. The van der Waals surface area contributed by atoms with Crippen molar-refractivity contribution in [2.75, 3.05) is 44.9 Å². The van der Waals surface area contributed by atoms with Gasteiger partial charge in [0.05, 0.1) is 19.8 Å². The molecular weight excluding hydrogens is 376 g/mol. The molecule has 0 radical (unpaired) electrons. The highest BCUT2D eigenvalue weighted by molar-refractivity contribution is 5.94. The van der Waals surface area contributed by atoms with E-state index in [0.717, 1.165) is 0 Å². The van der Waals surface area contributed by atoms with Gasteiger partial charge < -0.3 is 24.0 Å². The maximum Gasteiger partial charge on any atom is 0.409 e. The second kappa shape index (κ2) is 11.2. The summed E-state index contributed by atoms with van der Waals surface area (Å²) in [5.74, 6) is -0.623. The van der Waals surface area contributed by atoms with Crippen LogP contribution in [0.1, 0.15) is 31.4 Å². The lowest BCUT2D eigenvalue weighted by atomic mass is 10.1. The minimum atomic E-state index is -0.629. The lowest BCUT2D eigenvalue weighted by molar-refractivity contribution is -0.151. The molecule has 1 unspecified atom stereocenters. The molecule has 1 atom stereocenters. The molecule has 1 aliphatic rings. The van der Waals surface area contributed by atoms with Crippen LogP contribution in [0.3, 0.4) is 0 Å². The third kappa shape index (κ3) is 6.32. The Balaban J connectivity index is 2.29. The molecule has 0 bridgehead atoms. The predicted octanol–water partition coefficient (Wildman–Crippen LogP) is 2.69. The zero-order chi connectivity index (χ0) is 21.2. The molecule has 2 amide bonds. The number of amides is 2. The lowest BCUT2D eigenvalue weighted by Gasteiger charge is -2.27. The number of fused-ring (bicyclic) bond motifs is 1. The molecule has 1 aliphatic heterocycles. The van der Waals surface area contributed by atoms with Crippen LogP contribution >= 0.6 is 0 Å². The second-order valence-corrected chi connectivity index (χ2v) is 6.50. The monoisotopic (exact) mass is 404 g/mol. The normalized spacial score (nSPS) is 16.9. The molecule has 2 rings (SSSR count). The maximum atomic E-state index is 12.6. The highest BCUT2D eigenvalue weighted by atomic mass is 16.6. The summed E-state index contributed by atoms with van der Waals surface area (Å²) >= 11 is 0. The Hall–Kier alpha value is -2.87. The van der Waals surface area contributed by atoms with E-state index >= 15 is 0 Å². The average Bonchev–Trinajstić information content (AvgIpc) is 2.77. The van der Waals surface area contributed by atoms with E-state index in [2.05, 4.69) is 6.58 Å². The first-order valence-corrected chi connectivity index (χ1v) is 9.63. The molecule has 1 aromatic carbocycles. The van der Waals surface area contributed by atoms with Crippen molar-refractivity contribution in [2.24, 2.45) is 0 Å².